The Morgan fingerprint density at radius 2 is 1.28 bits per heavy atom. The standard InChI is InChI=1S/C22H20N2O/c1-4-10-17(11-5-1)21-22(18-12-6-2-7-13-18)24-20(23-21)16-25-19-14-8-3-9-15-19/h1-15,21-22H,16H2,(H,23,24)/t21-,22+. The van der Waals surface area contributed by atoms with E-state index < -0.39 is 0 Å². The van der Waals surface area contributed by atoms with Gasteiger partial charge in [0, 0.05) is 0 Å². The van der Waals surface area contributed by atoms with E-state index in [1.54, 1.807) is 0 Å². The quantitative estimate of drug-likeness (QED) is 0.745. The lowest BCUT2D eigenvalue weighted by atomic mass is 9.95. The molecule has 4 rings (SSSR count). The summed E-state index contributed by atoms with van der Waals surface area (Å²) in [7, 11) is 0. The van der Waals surface area contributed by atoms with Crippen molar-refractivity contribution in [1.29, 1.82) is 0 Å². The lowest BCUT2D eigenvalue weighted by molar-refractivity contribution is 0.372. The second-order valence-corrected chi connectivity index (χ2v) is 6.07. The maximum Gasteiger partial charge on any atom is 0.145 e. The Balaban J connectivity index is 1.57. The van der Waals surface area contributed by atoms with E-state index in [-0.39, 0.29) is 12.1 Å². The van der Waals surface area contributed by atoms with Gasteiger partial charge in [-0.3, -0.25) is 4.99 Å². The lowest BCUT2D eigenvalue weighted by Crippen LogP contribution is -2.28. The van der Waals surface area contributed by atoms with Gasteiger partial charge in [-0.15, -0.1) is 0 Å². The van der Waals surface area contributed by atoms with E-state index in [9.17, 15) is 0 Å². The molecule has 0 amide bonds. The van der Waals surface area contributed by atoms with Crippen molar-refractivity contribution in [1.82, 2.24) is 5.32 Å². The molecular weight excluding hydrogens is 308 g/mol. The molecule has 0 saturated carbocycles. The van der Waals surface area contributed by atoms with E-state index >= 15 is 0 Å². The molecule has 1 heterocycles. The average molecular weight is 328 g/mol. The zero-order chi connectivity index (χ0) is 16.9. The van der Waals surface area contributed by atoms with Gasteiger partial charge in [0.2, 0.25) is 0 Å². The van der Waals surface area contributed by atoms with Crippen molar-refractivity contribution in [3.63, 3.8) is 0 Å². The molecule has 0 unspecified atom stereocenters. The number of nitrogens with zero attached hydrogens (tertiary/aromatic N) is 1. The fourth-order valence-electron chi connectivity index (χ4n) is 3.13. The van der Waals surface area contributed by atoms with Crippen LogP contribution in [0.3, 0.4) is 0 Å². The predicted molar refractivity (Wildman–Crippen MR) is 101 cm³/mol. The lowest BCUT2D eigenvalue weighted by Gasteiger charge is -2.19. The fraction of sp³-hybridized carbons (Fsp3) is 0.136. The predicted octanol–water partition coefficient (Wildman–Crippen LogP) is 4.55. The summed E-state index contributed by atoms with van der Waals surface area (Å²) in [6, 6.07) is 30.9. The second-order valence-electron chi connectivity index (χ2n) is 6.07. The van der Waals surface area contributed by atoms with Gasteiger partial charge >= 0.3 is 0 Å². The molecule has 3 nitrogen and oxygen atoms in total. The van der Waals surface area contributed by atoms with E-state index in [0.717, 1.165) is 11.6 Å². The Morgan fingerprint density at radius 1 is 0.720 bits per heavy atom. The average Bonchev–Trinajstić information content (AvgIpc) is 3.13. The summed E-state index contributed by atoms with van der Waals surface area (Å²) >= 11 is 0. The third kappa shape index (κ3) is 3.56. The van der Waals surface area contributed by atoms with Crippen molar-refractivity contribution in [3.05, 3.63) is 102 Å². The number of benzene rings is 3. The molecule has 2 atom stereocenters. The van der Waals surface area contributed by atoms with E-state index in [1.807, 2.05) is 42.5 Å². The molecule has 3 heteroatoms. The van der Waals surface area contributed by atoms with Gasteiger partial charge in [0.1, 0.15) is 24.2 Å². The molecule has 0 bridgehead atoms. The molecule has 0 aromatic heterocycles. The summed E-state index contributed by atoms with van der Waals surface area (Å²) in [5.41, 5.74) is 2.44. The fourth-order valence-corrected chi connectivity index (χ4v) is 3.13. The summed E-state index contributed by atoms with van der Waals surface area (Å²) in [6.07, 6.45) is 0. The Hall–Kier alpha value is -3.07. The summed E-state index contributed by atoms with van der Waals surface area (Å²) < 4.78 is 5.87. The highest BCUT2D eigenvalue weighted by Gasteiger charge is 2.31. The van der Waals surface area contributed by atoms with Gasteiger partial charge in [0.05, 0.1) is 6.04 Å². The topological polar surface area (TPSA) is 33.6 Å². The van der Waals surface area contributed by atoms with Gasteiger partial charge in [-0.1, -0.05) is 78.9 Å². The zero-order valence-electron chi connectivity index (χ0n) is 13.9. The van der Waals surface area contributed by atoms with Crippen LogP contribution in [-0.4, -0.2) is 12.4 Å². The first-order chi connectivity index (χ1) is 12.4. The summed E-state index contributed by atoms with van der Waals surface area (Å²) in [4.78, 5) is 4.91. The molecule has 0 fully saturated rings. The van der Waals surface area contributed by atoms with Crippen molar-refractivity contribution in [3.8, 4) is 5.75 Å². The Labute approximate surface area is 148 Å². The number of amidine groups is 1. The summed E-state index contributed by atoms with van der Waals surface area (Å²) in [5, 5.41) is 3.55. The van der Waals surface area contributed by atoms with Crippen LogP contribution in [0.2, 0.25) is 0 Å². The molecule has 1 N–H and O–H groups in total. The SMILES string of the molecule is c1ccc(OCC2=N[C@H](c3ccccc3)[C@H](c3ccccc3)N2)cc1. The minimum absolute atomic E-state index is 0.0537. The van der Waals surface area contributed by atoms with Gasteiger partial charge < -0.3 is 10.1 Å². The van der Waals surface area contributed by atoms with Crippen LogP contribution < -0.4 is 10.1 Å². The zero-order valence-corrected chi connectivity index (χ0v) is 13.9. The van der Waals surface area contributed by atoms with Crippen LogP contribution in [0.15, 0.2) is 96.0 Å². The molecule has 3 aromatic rings. The van der Waals surface area contributed by atoms with Crippen molar-refractivity contribution >= 4 is 5.84 Å². The van der Waals surface area contributed by atoms with E-state index in [4.69, 9.17) is 9.73 Å². The number of hydrogen-bond acceptors (Lipinski definition) is 3. The monoisotopic (exact) mass is 328 g/mol. The van der Waals surface area contributed by atoms with Crippen molar-refractivity contribution in [2.75, 3.05) is 6.61 Å². The van der Waals surface area contributed by atoms with Gasteiger partial charge in [-0.25, -0.2) is 0 Å². The molecule has 25 heavy (non-hydrogen) atoms. The Bertz CT molecular complexity index is 832. The highest BCUT2D eigenvalue weighted by molar-refractivity contribution is 5.86. The maximum atomic E-state index is 5.87. The molecule has 1 aliphatic rings. The van der Waals surface area contributed by atoms with Gasteiger partial charge in [-0.2, -0.15) is 0 Å². The Kier molecular flexibility index (Phi) is 4.46. The highest BCUT2D eigenvalue weighted by Crippen LogP contribution is 2.35. The minimum Gasteiger partial charge on any atom is -0.486 e. The van der Waals surface area contributed by atoms with Crippen molar-refractivity contribution < 1.29 is 4.74 Å². The van der Waals surface area contributed by atoms with E-state index in [0.29, 0.717) is 6.61 Å². The van der Waals surface area contributed by atoms with Gasteiger partial charge in [0.25, 0.3) is 0 Å². The van der Waals surface area contributed by atoms with Crippen LogP contribution >= 0.6 is 0 Å². The molecule has 3 aromatic carbocycles. The number of aliphatic imine (C=N–C) groups is 1. The number of hydrogen-bond donors (Lipinski definition) is 1. The number of rotatable bonds is 5. The number of para-hydroxylation sites is 1. The van der Waals surface area contributed by atoms with Crippen LogP contribution in [0.25, 0.3) is 0 Å². The van der Waals surface area contributed by atoms with Gasteiger partial charge in [0.15, 0.2) is 0 Å². The Morgan fingerprint density at radius 3 is 1.92 bits per heavy atom. The van der Waals surface area contributed by atoms with E-state index in [1.165, 1.54) is 11.1 Å². The molecule has 0 aliphatic carbocycles. The first-order valence-corrected chi connectivity index (χ1v) is 8.51. The van der Waals surface area contributed by atoms with Crippen LogP contribution in [0.5, 0.6) is 5.75 Å². The van der Waals surface area contributed by atoms with Crippen LogP contribution in [0.1, 0.15) is 23.2 Å². The molecule has 124 valence electrons. The van der Waals surface area contributed by atoms with E-state index in [2.05, 4.69) is 53.8 Å². The number of nitrogens with one attached hydrogen (secondary N) is 1. The normalized spacial score (nSPS) is 19.1. The van der Waals surface area contributed by atoms with Crippen LogP contribution in [0, 0.1) is 0 Å². The largest absolute Gasteiger partial charge is 0.486 e. The van der Waals surface area contributed by atoms with Crippen molar-refractivity contribution in [2.45, 2.75) is 12.1 Å². The minimum atomic E-state index is 0.0537. The summed E-state index contributed by atoms with van der Waals surface area (Å²) in [6.45, 7) is 0.441. The molecular formula is C22H20N2O. The van der Waals surface area contributed by atoms with Gasteiger partial charge in [-0.05, 0) is 23.3 Å². The molecule has 1 aliphatic heterocycles. The first-order valence-electron chi connectivity index (χ1n) is 8.51. The van der Waals surface area contributed by atoms with Crippen LogP contribution in [0.4, 0.5) is 0 Å². The third-order valence-corrected chi connectivity index (χ3v) is 4.35. The van der Waals surface area contributed by atoms with Crippen LogP contribution in [-0.2, 0) is 0 Å². The van der Waals surface area contributed by atoms with Crippen molar-refractivity contribution in [2.24, 2.45) is 4.99 Å². The molecule has 0 radical (unpaired) electrons. The third-order valence-electron chi connectivity index (χ3n) is 4.35. The molecule has 0 spiro atoms. The highest BCUT2D eigenvalue weighted by atomic mass is 16.5. The maximum absolute atomic E-state index is 5.87. The first kappa shape index (κ1) is 15.5. The second kappa shape index (κ2) is 7.22. The number of ether oxygens (including phenoxy) is 1. The molecule has 0 saturated heterocycles. The summed E-state index contributed by atoms with van der Waals surface area (Å²) in [5.74, 6) is 1.73. The smallest absolute Gasteiger partial charge is 0.145 e.